The Hall–Kier alpha value is -3.42. The normalized spacial score (nSPS) is 14.2. The Balaban J connectivity index is 1.31. The molecule has 1 aliphatic rings. The molecule has 0 saturated carbocycles. The number of aryl methyl sites for hydroxylation is 3. The van der Waals surface area contributed by atoms with Gasteiger partial charge in [0.1, 0.15) is 0 Å². The van der Waals surface area contributed by atoms with E-state index < -0.39 is 0 Å². The van der Waals surface area contributed by atoms with Crippen molar-refractivity contribution in [1.82, 2.24) is 24.4 Å². The molecule has 1 saturated heterocycles. The van der Waals surface area contributed by atoms with Crippen LogP contribution in [-0.4, -0.2) is 62.5 Å². The summed E-state index contributed by atoms with van der Waals surface area (Å²) in [6.07, 6.45) is 1.05. The van der Waals surface area contributed by atoms with Gasteiger partial charge in [-0.05, 0) is 44.9 Å². The highest BCUT2D eigenvalue weighted by Gasteiger charge is 2.24. The second-order valence-electron chi connectivity index (χ2n) is 7.98. The number of benzene rings is 1. The molecule has 3 aromatic rings. The van der Waals surface area contributed by atoms with Gasteiger partial charge in [0.25, 0.3) is 0 Å². The van der Waals surface area contributed by atoms with E-state index in [0.717, 1.165) is 34.0 Å². The van der Waals surface area contributed by atoms with Crippen molar-refractivity contribution in [2.24, 2.45) is 0 Å². The van der Waals surface area contributed by atoms with Gasteiger partial charge in [-0.1, -0.05) is 18.2 Å². The van der Waals surface area contributed by atoms with Gasteiger partial charge < -0.3 is 15.1 Å². The molecule has 0 spiro atoms. The summed E-state index contributed by atoms with van der Waals surface area (Å²) in [4.78, 5) is 33.5. The smallest absolute Gasteiger partial charge is 0.321 e. The minimum Gasteiger partial charge on any atom is -0.339 e. The molecular formula is C23H28N6O2. The van der Waals surface area contributed by atoms with Gasteiger partial charge in [-0.2, -0.15) is 5.10 Å². The van der Waals surface area contributed by atoms with E-state index in [0.29, 0.717) is 39.0 Å². The highest BCUT2D eigenvalue weighted by molar-refractivity contribution is 5.89. The third kappa shape index (κ3) is 4.52. The van der Waals surface area contributed by atoms with Gasteiger partial charge in [0.2, 0.25) is 5.91 Å². The molecule has 162 valence electrons. The Morgan fingerprint density at radius 2 is 1.68 bits per heavy atom. The number of rotatable bonds is 4. The van der Waals surface area contributed by atoms with Crippen LogP contribution in [0.3, 0.4) is 0 Å². The zero-order chi connectivity index (χ0) is 22.0. The van der Waals surface area contributed by atoms with Crippen molar-refractivity contribution >= 4 is 23.3 Å². The van der Waals surface area contributed by atoms with E-state index in [2.05, 4.69) is 15.4 Å². The van der Waals surface area contributed by atoms with Gasteiger partial charge in [-0.25, -0.2) is 14.3 Å². The van der Waals surface area contributed by atoms with Gasteiger partial charge in [0.15, 0.2) is 5.65 Å². The van der Waals surface area contributed by atoms with Crippen LogP contribution in [-0.2, 0) is 11.2 Å². The number of anilines is 1. The number of carbonyl (C=O) groups excluding carboxylic acids is 2. The molecule has 8 heteroatoms. The maximum Gasteiger partial charge on any atom is 0.321 e. The number of hydrogen-bond acceptors (Lipinski definition) is 4. The number of amides is 3. The summed E-state index contributed by atoms with van der Waals surface area (Å²) in [5.41, 5.74) is 5.59. The first-order chi connectivity index (χ1) is 14.9. The first kappa shape index (κ1) is 20.8. The zero-order valence-corrected chi connectivity index (χ0v) is 18.3. The first-order valence-electron chi connectivity index (χ1n) is 10.6. The van der Waals surface area contributed by atoms with Gasteiger partial charge in [-0.15, -0.1) is 0 Å². The fraction of sp³-hybridized carbons (Fsp3) is 0.391. The lowest BCUT2D eigenvalue weighted by atomic mass is 10.1. The number of para-hydroxylation sites is 1. The number of carbonyl (C=O) groups is 2. The molecule has 0 radical (unpaired) electrons. The molecule has 31 heavy (non-hydrogen) atoms. The summed E-state index contributed by atoms with van der Waals surface area (Å²) in [5, 5.41) is 7.40. The lowest BCUT2D eigenvalue weighted by Crippen LogP contribution is -2.51. The van der Waals surface area contributed by atoms with E-state index in [-0.39, 0.29) is 11.9 Å². The van der Waals surface area contributed by atoms with E-state index in [4.69, 9.17) is 0 Å². The van der Waals surface area contributed by atoms with Gasteiger partial charge in [0, 0.05) is 55.7 Å². The predicted molar refractivity (Wildman–Crippen MR) is 119 cm³/mol. The minimum atomic E-state index is -0.126. The van der Waals surface area contributed by atoms with Crippen molar-refractivity contribution < 1.29 is 9.59 Å². The van der Waals surface area contributed by atoms with Crippen LogP contribution in [0.25, 0.3) is 5.65 Å². The molecular weight excluding hydrogens is 392 g/mol. The molecule has 1 N–H and O–H groups in total. The number of piperazine rings is 1. The zero-order valence-electron chi connectivity index (χ0n) is 18.3. The molecule has 3 heterocycles. The Bertz CT molecular complexity index is 1100. The number of urea groups is 1. The molecule has 1 aromatic carbocycles. The van der Waals surface area contributed by atoms with Crippen molar-refractivity contribution in [2.75, 3.05) is 31.5 Å². The molecule has 3 amide bonds. The summed E-state index contributed by atoms with van der Waals surface area (Å²) in [7, 11) is 0. The number of nitrogens with zero attached hydrogens (tertiary/aromatic N) is 5. The molecule has 0 unspecified atom stereocenters. The molecule has 2 aromatic heterocycles. The topological polar surface area (TPSA) is 82.8 Å². The van der Waals surface area contributed by atoms with Crippen molar-refractivity contribution in [3.63, 3.8) is 0 Å². The molecule has 0 bridgehead atoms. The molecule has 1 aliphatic heterocycles. The monoisotopic (exact) mass is 420 g/mol. The first-order valence-corrected chi connectivity index (χ1v) is 10.6. The van der Waals surface area contributed by atoms with Crippen LogP contribution < -0.4 is 5.32 Å². The number of hydrogen-bond donors (Lipinski definition) is 1. The van der Waals surface area contributed by atoms with E-state index >= 15 is 0 Å². The van der Waals surface area contributed by atoms with Crippen LogP contribution in [0.2, 0.25) is 0 Å². The summed E-state index contributed by atoms with van der Waals surface area (Å²) in [5.74, 6) is 0.110. The third-order valence-corrected chi connectivity index (χ3v) is 5.82. The summed E-state index contributed by atoms with van der Waals surface area (Å²) >= 11 is 0. The minimum absolute atomic E-state index is 0.110. The molecule has 8 nitrogen and oxygen atoms in total. The Morgan fingerprint density at radius 3 is 2.39 bits per heavy atom. The van der Waals surface area contributed by atoms with Crippen molar-refractivity contribution in [2.45, 2.75) is 33.6 Å². The van der Waals surface area contributed by atoms with E-state index in [9.17, 15) is 9.59 Å². The fourth-order valence-corrected chi connectivity index (χ4v) is 4.08. The van der Waals surface area contributed by atoms with Crippen molar-refractivity contribution in [3.8, 4) is 0 Å². The fourth-order valence-electron chi connectivity index (χ4n) is 4.08. The van der Waals surface area contributed by atoms with Gasteiger partial charge in [0.05, 0.1) is 5.69 Å². The van der Waals surface area contributed by atoms with Crippen LogP contribution in [0, 0.1) is 20.8 Å². The van der Waals surface area contributed by atoms with E-state index in [1.165, 1.54) is 0 Å². The van der Waals surface area contributed by atoms with Gasteiger partial charge >= 0.3 is 6.03 Å². The van der Waals surface area contributed by atoms with E-state index in [1.807, 2.05) is 66.6 Å². The summed E-state index contributed by atoms with van der Waals surface area (Å²) in [6.45, 7) is 8.12. The van der Waals surface area contributed by atoms with Crippen molar-refractivity contribution in [1.29, 1.82) is 0 Å². The Kier molecular flexibility index (Phi) is 5.88. The SMILES string of the molecule is Cc1cc2nc(C)c(CCC(=O)N3CCN(C(=O)Nc4ccccc4)CC3)c(C)n2n1. The lowest BCUT2D eigenvalue weighted by Gasteiger charge is -2.34. The van der Waals surface area contributed by atoms with E-state index in [1.54, 1.807) is 4.90 Å². The standard InChI is InChI=1S/C23H28N6O2/c1-16-15-21-24-17(2)20(18(3)29(21)26-16)9-10-22(30)27-11-13-28(14-12-27)23(31)25-19-7-5-4-6-8-19/h4-8,15H,9-14H2,1-3H3,(H,25,31). The molecule has 0 aliphatic carbocycles. The average molecular weight is 421 g/mol. The third-order valence-electron chi connectivity index (χ3n) is 5.82. The summed E-state index contributed by atoms with van der Waals surface area (Å²) < 4.78 is 1.85. The quantitative estimate of drug-likeness (QED) is 0.703. The molecule has 0 atom stereocenters. The summed E-state index contributed by atoms with van der Waals surface area (Å²) in [6, 6.07) is 11.2. The van der Waals surface area contributed by atoms with Crippen LogP contribution in [0.5, 0.6) is 0 Å². The average Bonchev–Trinajstić information content (AvgIpc) is 3.14. The van der Waals surface area contributed by atoms with Crippen LogP contribution in [0.1, 0.15) is 29.1 Å². The maximum absolute atomic E-state index is 12.8. The highest BCUT2D eigenvalue weighted by atomic mass is 16.2. The van der Waals surface area contributed by atoms with Crippen LogP contribution in [0.4, 0.5) is 10.5 Å². The van der Waals surface area contributed by atoms with Gasteiger partial charge in [-0.3, -0.25) is 4.79 Å². The second kappa shape index (κ2) is 8.75. The van der Waals surface area contributed by atoms with Crippen LogP contribution in [0.15, 0.2) is 36.4 Å². The predicted octanol–water partition coefficient (Wildman–Crippen LogP) is 2.96. The Labute approximate surface area is 181 Å². The van der Waals surface area contributed by atoms with Crippen LogP contribution >= 0.6 is 0 Å². The molecule has 1 fully saturated rings. The Morgan fingerprint density at radius 1 is 1.00 bits per heavy atom. The lowest BCUT2D eigenvalue weighted by molar-refractivity contribution is -0.132. The number of nitrogens with one attached hydrogen (secondary N) is 1. The maximum atomic E-state index is 12.8. The molecule has 4 rings (SSSR count). The highest BCUT2D eigenvalue weighted by Crippen LogP contribution is 2.18. The largest absolute Gasteiger partial charge is 0.339 e. The second-order valence-corrected chi connectivity index (χ2v) is 7.98. The van der Waals surface area contributed by atoms with Crippen molar-refractivity contribution in [3.05, 3.63) is 59.0 Å². The number of fused-ring (bicyclic) bond motifs is 1. The number of aromatic nitrogens is 3.